The highest BCUT2D eigenvalue weighted by molar-refractivity contribution is 5.86. The Morgan fingerprint density at radius 1 is 1.33 bits per heavy atom. The summed E-state index contributed by atoms with van der Waals surface area (Å²) in [5.41, 5.74) is 3.07. The average molecular weight is 369 g/mol. The second kappa shape index (κ2) is 7.55. The molecule has 0 unspecified atom stereocenters. The van der Waals surface area contributed by atoms with Crippen LogP contribution in [0.2, 0.25) is 0 Å². The normalized spacial score (nSPS) is 16.1. The number of methoxy groups -OCH3 is 1. The van der Waals surface area contributed by atoms with Gasteiger partial charge in [-0.05, 0) is 44.2 Å². The van der Waals surface area contributed by atoms with Gasteiger partial charge in [0, 0.05) is 19.2 Å². The van der Waals surface area contributed by atoms with Gasteiger partial charge in [0.2, 0.25) is 11.8 Å². The Bertz CT molecular complexity index is 903. The minimum absolute atomic E-state index is 0.0736. The van der Waals surface area contributed by atoms with Crippen molar-refractivity contribution in [2.45, 2.75) is 64.3 Å². The first-order valence-electron chi connectivity index (χ1n) is 9.50. The molecule has 1 aliphatic rings. The van der Waals surface area contributed by atoms with Crippen molar-refractivity contribution in [1.82, 2.24) is 20.1 Å². The minimum atomic E-state index is -0.686. The molecule has 3 rings (SSSR count). The Morgan fingerprint density at radius 3 is 2.67 bits per heavy atom. The number of hydrogen-bond acceptors (Lipinski definition) is 5. The predicted molar refractivity (Wildman–Crippen MR) is 102 cm³/mol. The molecule has 7 nitrogen and oxygen atoms in total. The molecule has 0 spiro atoms. The molecule has 2 aromatic heterocycles. The van der Waals surface area contributed by atoms with Gasteiger partial charge in [0.1, 0.15) is 5.54 Å². The minimum Gasteiger partial charge on any atom is -0.479 e. The maximum absolute atomic E-state index is 12.5. The van der Waals surface area contributed by atoms with Crippen LogP contribution in [0.5, 0.6) is 5.88 Å². The molecular formula is C20H27N5O2. The third kappa shape index (κ3) is 3.61. The van der Waals surface area contributed by atoms with Crippen molar-refractivity contribution < 1.29 is 9.53 Å². The van der Waals surface area contributed by atoms with Crippen molar-refractivity contribution >= 4 is 16.9 Å². The summed E-state index contributed by atoms with van der Waals surface area (Å²) in [5.74, 6) is 0.476. The number of hydrogen-bond donors (Lipinski definition) is 1. The number of fused-ring (bicyclic) bond motifs is 1. The molecule has 2 heterocycles. The molecule has 144 valence electrons. The maximum Gasteiger partial charge on any atom is 0.242 e. The molecule has 1 N–H and O–H groups in total. The number of ether oxygens (including phenoxy) is 1. The molecule has 2 aromatic rings. The molecule has 27 heavy (non-hydrogen) atoms. The van der Waals surface area contributed by atoms with E-state index in [0.29, 0.717) is 18.7 Å². The van der Waals surface area contributed by atoms with E-state index in [1.54, 1.807) is 11.8 Å². The van der Waals surface area contributed by atoms with Crippen LogP contribution in [-0.4, -0.2) is 33.3 Å². The number of aromatic nitrogens is 3. The summed E-state index contributed by atoms with van der Waals surface area (Å²) >= 11 is 0. The lowest BCUT2D eigenvalue weighted by Gasteiger charge is -2.31. The molecular weight excluding hydrogens is 342 g/mol. The van der Waals surface area contributed by atoms with E-state index in [1.165, 1.54) is 0 Å². The highest BCUT2D eigenvalue weighted by Crippen LogP contribution is 2.31. The van der Waals surface area contributed by atoms with E-state index in [0.717, 1.165) is 60.0 Å². The fraction of sp³-hybridized carbons (Fsp3) is 0.600. The number of carbonyl (C=O) groups is 1. The highest BCUT2D eigenvalue weighted by atomic mass is 16.5. The quantitative estimate of drug-likeness (QED) is 0.875. The van der Waals surface area contributed by atoms with E-state index < -0.39 is 5.54 Å². The molecule has 0 bridgehead atoms. The number of carbonyl (C=O) groups excluding carboxylic acids is 1. The van der Waals surface area contributed by atoms with Crippen molar-refractivity contribution in [1.29, 1.82) is 5.26 Å². The largest absolute Gasteiger partial charge is 0.479 e. The van der Waals surface area contributed by atoms with Crippen LogP contribution in [-0.2, 0) is 18.3 Å². The molecule has 7 heteroatoms. The number of nitrogens with zero attached hydrogens (tertiary/aromatic N) is 4. The lowest BCUT2D eigenvalue weighted by molar-refractivity contribution is -0.122. The van der Waals surface area contributed by atoms with Crippen LogP contribution in [0.1, 0.15) is 55.3 Å². The number of nitrogens with one attached hydrogen (secondary N) is 1. The summed E-state index contributed by atoms with van der Waals surface area (Å²) in [6.07, 6.45) is 5.52. The zero-order chi connectivity index (χ0) is 19.6. The van der Waals surface area contributed by atoms with E-state index in [1.807, 2.05) is 20.9 Å². The van der Waals surface area contributed by atoms with E-state index >= 15 is 0 Å². The molecule has 1 fully saturated rings. The van der Waals surface area contributed by atoms with Crippen LogP contribution in [0.15, 0.2) is 0 Å². The fourth-order valence-corrected chi connectivity index (χ4v) is 4.10. The Balaban J connectivity index is 1.79. The van der Waals surface area contributed by atoms with Crippen LogP contribution < -0.4 is 10.1 Å². The Kier molecular flexibility index (Phi) is 5.36. The van der Waals surface area contributed by atoms with Gasteiger partial charge in [-0.2, -0.15) is 5.26 Å². The molecule has 1 amide bonds. The molecule has 0 atom stereocenters. The molecule has 1 aliphatic carbocycles. The SMILES string of the molecule is COc1nn(C)c2nc(C)c(CCC(=O)NC3(C#N)CCCCC3)c(C)c12. The summed E-state index contributed by atoms with van der Waals surface area (Å²) < 4.78 is 7.10. The maximum atomic E-state index is 12.5. The second-order valence-electron chi connectivity index (χ2n) is 7.44. The Morgan fingerprint density at radius 2 is 2.04 bits per heavy atom. The number of aryl methyl sites for hydroxylation is 3. The van der Waals surface area contributed by atoms with Crippen molar-refractivity contribution in [2.24, 2.45) is 7.05 Å². The van der Waals surface area contributed by atoms with Gasteiger partial charge in [0.15, 0.2) is 5.65 Å². The van der Waals surface area contributed by atoms with Gasteiger partial charge in [0.05, 0.1) is 18.6 Å². The lowest BCUT2D eigenvalue weighted by Crippen LogP contribution is -2.48. The summed E-state index contributed by atoms with van der Waals surface area (Å²) in [7, 11) is 3.44. The molecule has 0 aromatic carbocycles. The molecule has 1 saturated carbocycles. The van der Waals surface area contributed by atoms with Gasteiger partial charge in [-0.3, -0.25) is 4.79 Å². The van der Waals surface area contributed by atoms with Crippen molar-refractivity contribution in [2.75, 3.05) is 7.11 Å². The van der Waals surface area contributed by atoms with Gasteiger partial charge in [-0.25, -0.2) is 9.67 Å². The van der Waals surface area contributed by atoms with E-state index in [9.17, 15) is 10.1 Å². The first-order chi connectivity index (χ1) is 12.9. The van der Waals surface area contributed by atoms with E-state index in [4.69, 9.17) is 4.74 Å². The number of amides is 1. The molecule has 0 saturated heterocycles. The van der Waals surface area contributed by atoms with Crippen LogP contribution in [0.25, 0.3) is 11.0 Å². The van der Waals surface area contributed by atoms with Gasteiger partial charge < -0.3 is 10.1 Å². The lowest BCUT2D eigenvalue weighted by atomic mass is 9.82. The Labute approximate surface area is 159 Å². The summed E-state index contributed by atoms with van der Waals surface area (Å²) in [6.45, 7) is 3.98. The fourth-order valence-electron chi connectivity index (χ4n) is 4.10. The van der Waals surface area contributed by atoms with Crippen LogP contribution in [0.4, 0.5) is 0 Å². The third-order valence-electron chi connectivity index (χ3n) is 5.62. The van der Waals surface area contributed by atoms with Crippen molar-refractivity contribution in [3.05, 3.63) is 16.8 Å². The Hall–Kier alpha value is -2.62. The van der Waals surface area contributed by atoms with E-state index in [-0.39, 0.29) is 5.91 Å². The second-order valence-corrected chi connectivity index (χ2v) is 7.44. The van der Waals surface area contributed by atoms with Gasteiger partial charge in [-0.1, -0.05) is 19.3 Å². The number of rotatable bonds is 5. The first kappa shape index (κ1) is 19.2. The summed E-state index contributed by atoms with van der Waals surface area (Å²) in [4.78, 5) is 17.2. The zero-order valence-corrected chi connectivity index (χ0v) is 16.6. The zero-order valence-electron chi connectivity index (χ0n) is 16.6. The molecule has 0 aliphatic heterocycles. The van der Waals surface area contributed by atoms with Gasteiger partial charge in [0.25, 0.3) is 0 Å². The number of pyridine rings is 1. The van der Waals surface area contributed by atoms with Crippen LogP contribution in [0.3, 0.4) is 0 Å². The van der Waals surface area contributed by atoms with Gasteiger partial charge in [-0.15, -0.1) is 5.10 Å². The van der Waals surface area contributed by atoms with Crippen molar-refractivity contribution in [3.8, 4) is 11.9 Å². The average Bonchev–Trinajstić information content (AvgIpc) is 2.98. The third-order valence-corrected chi connectivity index (χ3v) is 5.62. The van der Waals surface area contributed by atoms with Crippen LogP contribution >= 0.6 is 0 Å². The standard InChI is InChI=1S/C20H27N5O2/c1-13-15(14(2)22-18-17(13)19(27-4)24-25(18)3)8-9-16(26)23-20(12-21)10-6-5-7-11-20/h5-11H2,1-4H3,(H,23,26). The van der Waals surface area contributed by atoms with E-state index in [2.05, 4.69) is 21.5 Å². The number of nitriles is 1. The van der Waals surface area contributed by atoms with Crippen molar-refractivity contribution in [3.63, 3.8) is 0 Å². The van der Waals surface area contributed by atoms with Crippen LogP contribution in [0, 0.1) is 25.2 Å². The first-order valence-corrected chi connectivity index (χ1v) is 9.50. The summed E-state index contributed by atoms with van der Waals surface area (Å²) in [5, 5.41) is 17.8. The highest BCUT2D eigenvalue weighted by Gasteiger charge is 2.33. The monoisotopic (exact) mass is 369 g/mol. The topological polar surface area (TPSA) is 92.8 Å². The predicted octanol–water partition coefficient (Wildman–Crippen LogP) is 2.87. The molecule has 0 radical (unpaired) electrons. The van der Waals surface area contributed by atoms with Gasteiger partial charge >= 0.3 is 0 Å². The smallest absolute Gasteiger partial charge is 0.242 e. The summed E-state index contributed by atoms with van der Waals surface area (Å²) in [6, 6.07) is 2.34.